The predicted octanol–water partition coefficient (Wildman–Crippen LogP) is 2.50. The molecule has 2 rings (SSSR count). The maximum Gasteiger partial charge on any atom is 0.128 e. The van der Waals surface area contributed by atoms with Crippen molar-refractivity contribution < 1.29 is 8.78 Å². The van der Waals surface area contributed by atoms with Crippen LogP contribution in [0.25, 0.3) is 0 Å². The zero-order chi connectivity index (χ0) is 12.3. The molecule has 1 aliphatic rings. The van der Waals surface area contributed by atoms with E-state index < -0.39 is 11.6 Å². The smallest absolute Gasteiger partial charge is 0.128 e. The summed E-state index contributed by atoms with van der Waals surface area (Å²) in [6.45, 7) is 6.86. The average Bonchev–Trinajstić information content (AvgIpc) is 2.29. The van der Waals surface area contributed by atoms with E-state index in [0.29, 0.717) is 5.69 Å². The first-order valence-electron chi connectivity index (χ1n) is 6.12. The van der Waals surface area contributed by atoms with Crippen molar-refractivity contribution in [2.45, 2.75) is 13.3 Å². The van der Waals surface area contributed by atoms with Gasteiger partial charge in [-0.1, -0.05) is 6.92 Å². The standard InChI is InChI=1S/C13H18F2N2/c1-2-3-16-4-6-17(7-5-16)13-9-11(14)8-12(15)10-13/h8-10H,2-7H2,1H3. The Morgan fingerprint density at radius 3 is 2.12 bits per heavy atom. The Kier molecular flexibility index (Phi) is 3.94. The van der Waals surface area contributed by atoms with Gasteiger partial charge in [0.2, 0.25) is 0 Å². The van der Waals surface area contributed by atoms with Crippen LogP contribution >= 0.6 is 0 Å². The molecular formula is C13H18F2N2. The topological polar surface area (TPSA) is 6.48 Å². The summed E-state index contributed by atoms with van der Waals surface area (Å²) >= 11 is 0. The van der Waals surface area contributed by atoms with Gasteiger partial charge in [0.25, 0.3) is 0 Å². The normalized spacial score (nSPS) is 17.5. The van der Waals surface area contributed by atoms with Crippen LogP contribution in [0.4, 0.5) is 14.5 Å². The monoisotopic (exact) mass is 240 g/mol. The van der Waals surface area contributed by atoms with Crippen LogP contribution in [0.1, 0.15) is 13.3 Å². The Hall–Kier alpha value is -1.16. The van der Waals surface area contributed by atoms with E-state index in [9.17, 15) is 8.78 Å². The molecule has 1 aliphatic heterocycles. The molecule has 0 N–H and O–H groups in total. The number of rotatable bonds is 3. The molecule has 0 radical (unpaired) electrons. The molecule has 1 aromatic carbocycles. The molecular weight excluding hydrogens is 222 g/mol. The minimum atomic E-state index is -0.504. The molecule has 4 heteroatoms. The molecule has 1 heterocycles. The van der Waals surface area contributed by atoms with E-state index in [4.69, 9.17) is 0 Å². The van der Waals surface area contributed by atoms with Gasteiger partial charge >= 0.3 is 0 Å². The molecule has 17 heavy (non-hydrogen) atoms. The van der Waals surface area contributed by atoms with E-state index in [1.54, 1.807) is 0 Å². The largest absolute Gasteiger partial charge is 0.369 e. The predicted molar refractivity (Wildman–Crippen MR) is 65.3 cm³/mol. The van der Waals surface area contributed by atoms with E-state index in [1.807, 2.05) is 4.90 Å². The van der Waals surface area contributed by atoms with Crippen LogP contribution in [0.3, 0.4) is 0 Å². The van der Waals surface area contributed by atoms with Gasteiger partial charge in [-0.25, -0.2) is 8.78 Å². The third-order valence-electron chi connectivity index (χ3n) is 3.12. The highest BCUT2D eigenvalue weighted by Gasteiger charge is 2.17. The van der Waals surface area contributed by atoms with E-state index in [0.717, 1.165) is 45.2 Å². The maximum absolute atomic E-state index is 13.1. The van der Waals surface area contributed by atoms with Crippen molar-refractivity contribution in [1.82, 2.24) is 4.90 Å². The summed E-state index contributed by atoms with van der Waals surface area (Å²) in [6, 6.07) is 3.72. The van der Waals surface area contributed by atoms with Crippen molar-refractivity contribution in [3.63, 3.8) is 0 Å². The average molecular weight is 240 g/mol. The van der Waals surface area contributed by atoms with Gasteiger partial charge in [-0.2, -0.15) is 0 Å². The molecule has 0 amide bonds. The van der Waals surface area contributed by atoms with Crippen molar-refractivity contribution in [2.24, 2.45) is 0 Å². The number of piperazine rings is 1. The molecule has 0 spiro atoms. The van der Waals surface area contributed by atoms with Crippen molar-refractivity contribution >= 4 is 5.69 Å². The summed E-state index contributed by atoms with van der Waals surface area (Å²) in [5.74, 6) is -1.01. The highest BCUT2D eigenvalue weighted by molar-refractivity contribution is 5.47. The second kappa shape index (κ2) is 5.45. The van der Waals surface area contributed by atoms with Gasteiger partial charge in [0.05, 0.1) is 0 Å². The van der Waals surface area contributed by atoms with Crippen LogP contribution in [0.15, 0.2) is 18.2 Å². The van der Waals surface area contributed by atoms with Gasteiger partial charge in [-0.05, 0) is 25.1 Å². The lowest BCUT2D eigenvalue weighted by Crippen LogP contribution is -2.46. The van der Waals surface area contributed by atoms with Crippen molar-refractivity contribution in [3.05, 3.63) is 29.8 Å². The lowest BCUT2D eigenvalue weighted by molar-refractivity contribution is 0.258. The molecule has 1 saturated heterocycles. The Balaban J connectivity index is 2.00. The van der Waals surface area contributed by atoms with Crippen LogP contribution < -0.4 is 4.90 Å². The number of halogens is 2. The molecule has 0 atom stereocenters. The number of hydrogen-bond acceptors (Lipinski definition) is 2. The van der Waals surface area contributed by atoms with E-state index in [2.05, 4.69) is 11.8 Å². The number of hydrogen-bond donors (Lipinski definition) is 0. The van der Waals surface area contributed by atoms with Gasteiger partial charge in [0.15, 0.2) is 0 Å². The fraction of sp³-hybridized carbons (Fsp3) is 0.538. The van der Waals surface area contributed by atoms with Crippen LogP contribution in [0.2, 0.25) is 0 Å². The van der Waals surface area contributed by atoms with Gasteiger partial charge in [-0.3, -0.25) is 4.90 Å². The van der Waals surface area contributed by atoms with E-state index in [-0.39, 0.29) is 0 Å². The Labute approximate surface area is 101 Å². The molecule has 2 nitrogen and oxygen atoms in total. The molecule has 1 aromatic rings. The molecule has 0 unspecified atom stereocenters. The lowest BCUT2D eigenvalue weighted by atomic mass is 10.2. The minimum Gasteiger partial charge on any atom is -0.369 e. The highest BCUT2D eigenvalue weighted by atomic mass is 19.1. The Morgan fingerprint density at radius 1 is 1.00 bits per heavy atom. The van der Waals surface area contributed by atoms with Crippen LogP contribution in [0, 0.1) is 11.6 Å². The zero-order valence-corrected chi connectivity index (χ0v) is 10.1. The molecule has 0 bridgehead atoms. The first-order chi connectivity index (χ1) is 8.19. The first-order valence-corrected chi connectivity index (χ1v) is 6.12. The van der Waals surface area contributed by atoms with Gasteiger partial charge < -0.3 is 4.90 Å². The maximum atomic E-state index is 13.1. The molecule has 0 saturated carbocycles. The summed E-state index contributed by atoms with van der Waals surface area (Å²) in [7, 11) is 0. The second-order valence-electron chi connectivity index (χ2n) is 4.46. The SMILES string of the molecule is CCCN1CCN(c2cc(F)cc(F)c2)CC1. The van der Waals surface area contributed by atoms with Crippen molar-refractivity contribution in [1.29, 1.82) is 0 Å². The van der Waals surface area contributed by atoms with Gasteiger partial charge in [0.1, 0.15) is 11.6 Å². The number of anilines is 1. The fourth-order valence-electron chi connectivity index (χ4n) is 2.27. The number of nitrogens with zero attached hydrogens (tertiary/aromatic N) is 2. The van der Waals surface area contributed by atoms with Crippen molar-refractivity contribution in [3.8, 4) is 0 Å². The third kappa shape index (κ3) is 3.16. The molecule has 94 valence electrons. The first kappa shape index (κ1) is 12.3. The second-order valence-corrected chi connectivity index (χ2v) is 4.46. The van der Waals surface area contributed by atoms with Crippen LogP contribution in [-0.4, -0.2) is 37.6 Å². The summed E-state index contributed by atoms with van der Waals surface area (Å²) in [4.78, 5) is 4.42. The van der Waals surface area contributed by atoms with Crippen molar-refractivity contribution in [2.75, 3.05) is 37.6 Å². The summed E-state index contributed by atoms with van der Waals surface area (Å²) in [5.41, 5.74) is 0.652. The quantitative estimate of drug-likeness (QED) is 0.801. The summed E-state index contributed by atoms with van der Waals surface area (Å²) in [5, 5.41) is 0. The summed E-state index contributed by atoms with van der Waals surface area (Å²) in [6.07, 6.45) is 1.15. The van der Waals surface area contributed by atoms with Crippen LogP contribution in [0.5, 0.6) is 0 Å². The fourth-order valence-corrected chi connectivity index (χ4v) is 2.27. The molecule has 0 aliphatic carbocycles. The number of benzene rings is 1. The molecule has 0 aromatic heterocycles. The van der Waals surface area contributed by atoms with Gasteiger partial charge in [0, 0.05) is 37.9 Å². The van der Waals surface area contributed by atoms with Crippen LogP contribution in [-0.2, 0) is 0 Å². The zero-order valence-electron chi connectivity index (χ0n) is 10.1. The highest BCUT2D eigenvalue weighted by Crippen LogP contribution is 2.19. The van der Waals surface area contributed by atoms with E-state index in [1.165, 1.54) is 12.1 Å². The third-order valence-corrected chi connectivity index (χ3v) is 3.12. The minimum absolute atomic E-state index is 0.504. The Morgan fingerprint density at radius 2 is 1.59 bits per heavy atom. The molecule has 1 fully saturated rings. The van der Waals surface area contributed by atoms with Gasteiger partial charge in [-0.15, -0.1) is 0 Å². The van der Waals surface area contributed by atoms with E-state index >= 15 is 0 Å². The Bertz CT molecular complexity index is 353. The lowest BCUT2D eigenvalue weighted by Gasteiger charge is -2.36. The summed E-state index contributed by atoms with van der Waals surface area (Å²) < 4.78 is 26.2.